The second kappa shape index (κ2) is 4.84. The summed E-state index contributed by atoms with van der Waals surface area (Å²) in [4.78, 5) is 0. The monoisotopic (exact) mass is 258 g/mol. The van der Waals surface area contributed by atoms with Gasteiger partial charge in [0.1, 0.15) is 0 Å². The third-order valence-corrected chi connectivity index (χ3v) is 2.97. The topological polar surface area (TPSA) is 15.3 Å². The molecule has 78 valence electrons. The van der Waals surface area contributed by atoms with Crippen molar-refractivity contribution in [3.05, 3.63) is 52.1 Å². The van der Waals surface area contributed by atoms with Crippen LogP contribution in [0.15, 0.2) is 52.1 Å². The summed E-state index contributed by atoms with van der Waals surface area (Å²) < 4.78 is 2.04. The van der Waals surface area contributed by atoms with Gasteiger partial charge >= 0.3 is 0 Å². The number of anilines is 1. The van der Waals surface area contributed by atoms with Crippen LogP contribution in [-0.2, 0) is 0 Å². The smallest absolute Gasteiger partial charge is 0.0973 e. The number of benzene rings is 1. The molecule has 0 bridgehead atoms. The van der Waals surface area contributed by atoms with Crippen molar-refractivity contribution in [2.75, 3.05) is 5.32 Å². The summed E-state index contributed by atoms with van der Waals surface area (Å²) in [5.74, 6) is 0. The van der Waals surface area contributed by atoms with Crippen molar-refractivity contribution in [3.63, 3.8) is 0 Å². The Bertz CT molecular complexity index is 403. The van der Waals surface area contributed by atoms with Gasteiger partial charge in [-0.25, -0.2) is 0 Å². The number of hydrogen-bond donors (Lipinski definition) is 1. The predicted molar refractivity (Wildman–Crippen MR) is 67.4 cm³/mol. The number of nitrogens with one attached hydrogen (secondary N) is 1. The van der Waals surface area contributed by atoms with E-state index in [4.69, 9.17) is 23.4 Å². The fraction of sp³-hybridized carbons (Fsp3) is 0. The van der Waals surface area contributed by atoms with E-state index in [1.807, 2.05) is 30.3 Å². The van der Waals surface area contributed by atoms with Crippen LogP contribution in [0.1, 0.15) is 0 Å². The number of para-hydroxylation sites is 1. The Morgan fingerprint density at radius 2 is 1.87 bits per heavy atom. The highest BCUT2D eigenvalue weighted by Gasteiger charge is 2.10. The first-order chi connectivity index (χ1) is 7.24. The van der Waals surface area contributed by atoms with Crippen LogP contribution in [0.25, 0.3) is 0 Å². The molecule has 1 N–H and O–H groups in total. The van der Waals surface area contributed by atoms with E-state index >= 15 is 0 Å². The number of halogens is 2. The average Bonchev–Trinajstić information content (AvgIpc) is 2.17. The van der Waals surface area contributed by atoms with Crippen LogP contribution in [0.3, 0.4) is 0 Å². The number of thioether (sulfide) groups is 1. The first-order valence-electron chi connectivity index (χ1n) is 4.27. The van der Waals surface area contributed by atoms with Gasteiger partial charge in [-0.15, -0.1) is 0 Å². The minimum atomic E-state index is 0.630. The summed E-state index contributed by atoms with van der Waals surface area (Å²) in [7, 11) is 0. The summed E-state index contributed by atoms with van der Waals surface area (Å²) >= 11 is 13.1. The molecule has 1 heterocycles. The van der Waals surface area contributed by atoms with Crippen molar-refractivity contribution in [3.8, 4) is 0 Å². The molecule has 0 fully saturated rings. The van der Waals surface area contributed by atoms with Crippen LogP contribution in [0.2, 0.25) is 0 Å². The molecule has 5 heteroatoms. The lowest BCUT2D eigenvalue weighted by Gasteiger charge is -2.17. The van der Waals surface area contributed by atoms with Gasteiger partial charge in [0.25, 0.3) is 0 Å². The quantitative estimate of drug-likeness (QED) is 0.803. The molecule has 1 aliphatic heterocycles. The van der Waals surface area contributed by atoms with E-state index < -0.39 is 0 Å². The Morgan fingerprint density at radius 3 is 2.53 bits per heavy atom. The zero-order valence-corrected chi connectivity index (χ0v) is 9.98. The van der Waals surface area contributed by atoms with Crippen molar-refractivity contribution >= 4 is 40.8 Å². The normalized spacial score (nSPS) is 15.7. The van der Waals surface area contributed by atoms with E-state index in [2.05, 4.69) is 5.32 Å². The molecule has 1 aromatic rings. The summed E-state index contributed by atoms with van der Waals surface area (Å²) in [6.07, 6.45) is 3.41. The van der Waals surface area contributed by atoms with Gasteiger partial charge in [0.05, 0.1) is 15.6 Å². The maximum absolute atomic E-state index is 5.89. The molecule has 0 atom stereocenters. The third kappa shape index (κ3) is 3.09. The van der Waals surface area contributed by atoms with E-state index in [0.29, 0.717) is 4.36 Å². The van der Waals surface area contributed by atoms with Crippen LogP contribution >= 0.6 is 35.1 Å². The number of nitrogens with zero attached hydrogens (tertiary/aromatic N) is 1. The molecule has 0 unspecified atom stereocenters. The third-order valence-electron chi connectivity index (χ3n) is 1.71. The van der Waals surface area contributed by atoms with Gasteiger partial charge in [0, 0.05) is 23.7 Å². The Balaban J connectivity index is 2.08. The van der Waals surface area contributed by atoms with E-state index in [1.54, 1.807) is 12.4 Å². The summed E-state index contributed by atoms with van der Waals surface area (Å²) in [6.45, 7) is 0. The fourth-order valence-electron chi connectivity index (χ4n) is 1.13. The molecule has 0 spiro atoms. The molecule has 2 rings (SSSR count). The first kappa shape index (κ1) is 10.7. The maximum Gasteiger partial charge on any atom is 0.0973 e. The molecule has 2 nitrogen and oxygen atoms in total. The lowest BCUT2D eigenvalue weighted by Crippen LogP contribution is -2.05. The predicted octanol–water partition coefficient (Wildman–Crippen LogP) is 4.14. The Labute approximate surface area is 103 Å². The molecule has 1 aromatic carbocycles. The molecular formula is C10H8Cl2N2S. The highest BCUT2D eigenvalue weighted by Crippen LogP contribution is 2.34. The fourth-order valence-corrected chi connectivity index (χ4v) is 2.55. The van der Waals surface area contributed by atoms with Crippen LogP contribution < -0.4 is 5.32 Å². The average molecular weight is 259 g/mol. The minimum absolute atomic E-state index is 0.630. The zero-order valence-electron chi connectivity index (χ0n) is 7.65. The van der Waals surface area contributed by atoms with Crippen molar-refractivity contribution in [2.24, 2.45) is 0 Å². The van der Waals surface area contributed by atoms with Crippen LogP contribution in [0.4, 0.5) is 5.69 Å². The zero-order chi connectivity index (χ0) is 10.7. The van der Waals surface area contributed by atoms with Crippen LogP contribution in [0, 0.1) is 0 Å². The second-order valence-corrected chi connectivity index (χ2v) is 4.97. The lowest BCUT2D eigenvalue weighted by atomic mass is 10.3. The molecule has 0 radical (unpaired) electrons. The van der Waals surface area contributed by atoms with Crippen LogP contribution in [0.5, 0.6) is 0 Å². The molecule has 1 aliphatic rings. The SMILES string of the molecule is ClC1=CN(Cl)C=C(Nc2ccccc2)S1. The van der Waals surface area contributed by atoms with Gasteiger partial charge in [-0.05, 0) is 12.1 Å². The maximum atomic E-state index is 5.89. The highest BCUT2D eigenvalue weighted by molar-refractivity contribution is 8.08. The second-order valence-electron chi connectivity index (χ2n) is 2.86. The molecule has 0 amide bonds. The largest absolute Gasteiger partial charge is 0.349 e. The van der Waals surface area contributed by atoms with Gasteiger partial charge in [0.2, 0.25) is 0 Å². The van der Waals surface area contributed by atoms with Gasteiger partial charge < -0.3 is 5.32 Å². The lowest BCUT2D eigenvalue weighted by molar-refractivity contribution is 0.822. The minimum Gasteiger partial charge on any atom is -0.349 e. The molecule has 0 aromatic heterocycles. The van der Waals surface area contributed by atoms with Crippen molar-refractivity contribution in [2.45, 2.75) is 0 Å². The molecule has 15 heavy (non-hydrogen) atoms. The molecule has 0 saturated heterocycles. The van der Waals surface area contributed by atoms with Gasteiger partial charge in [0.15, 0.2) is 0 Å². The van der Waals surface area contributed by atoms with Crippen molar-refractivity contribution in [1.29, 1.82) is 0 Å². The summed E-state index contributed by atoms with van der Waals surface area (Å²) in [5, 5.41) is 4.11. The highest BCUT2D eigenvalue weighted by atomic mass is 35.5. The Morgan fingerprint density at radius 1 is 1.13 bits per heavy atom. The molecule has 0 saturated carbocycles. The van der Waals surface area contributed by atoms with Gasteiger partial charge in [-0.1, -0.05) is 41.6 Å². The summed E-state index contributed by atoms with van der Waals surface area (Å²) in [5.41, 5.74) is 1.01. The van der Waals surface area contributed by atoms with Crippen LogP contribution in [-0.4, -0.2) is 4.42 Å². The van der Waals surface area contributed by atoms with E-state index in [1.165, 1.54) is 16.2 Å². The van der Waals surface area contributed by atoms with E-state index in [0.717, 1.165) is 10.7 Å². The van der Waals surface area contributed by atoms with Crippen molar-refractivity contribution < 1.29 is 0 Å². The van der Waals surface area contributed by atoms with Crippen molar-refractivity contribution in [1.82, 2.24) is 4.42 Å². The molecular weight excluding hydrogens is 251 g/mol. The number of hydrogen-bond acceptors (Lipinski definition) is 3. The number of rotatable bonds is 2. The molecule has 0 aliphatic carbocycles. The van der Waals surface area contributed by atoms with Gasteiger partial charge in [-0.3, -0.25) is 4.42 Å². The Hall–Kier alpha value is -0.770. The van der Waals surface area contributed by atoms with E-state index in [9.17, 15) is 0 Å². The Kier molecular flexibility index (Phi) is 3.46. The first-order valence-corrected chi connectivity index (χ1v) is 5.80. The summed E-state index contributed by atoms with van der Waals surface area (Å²) in [6, 6.07) is 9.85. The van der Waals surface area contributed by atoms with E-state index in [-0.39, 0.29) is 0 Å². The standard InChI is InChI=1S/C10H8Cl2N2S/c11-9-6-14(12)7-10(15-9)13-8-4-2-1-3-5-8/h1-7,13H. The van der Waals surface area contributed by atoms with Gasteiger partial charge in [-0.2, -0.15) is 0 Å².